The van der Waals surface area contributed by atoms with Crippen LogP contribution in [-0.4, -0.2) is 60.3 Å². The van der Waals surface area contributed by atoms with E-state index in [0.29, 0.717) is 6.61 Å². The Bertz CT molecular complexity index is 359. The van der Waals surface area contributed by atoms with Crippen molar-refractivity contribution >= 4 is 12.1 Å². The van der Waals surface area contributed by atoms with Crippen LogP contribution >= 0.6 is 0 Å². The van der Waals surface area contributed by atoms with Gasteiger partial charge in [0.1, 0.15) is 5.60 Å². The SMILES string of the molecule is CN(C(=O)OC(C)(C)C)C(COC1CCCCO1)C(=O)O. The van der Waals surface area contributed by atoms with Gasteiger partial charge in [-0.15, -0.1) is 0 Å². The molecule has 1 fully saturated rings. The maximum atomic E-state index is 11.9. The van der Waals surface area contributed by atoms with E-state index >= 15 is 0 Å². The Morgan fingerprint density at radius 2 is 2.05 bits per heavy atom. The van der Waals surface area contributed by atoms with Gasteiger partial charge >= 0.3 is 12.1 Å². The average Bonchev–Trinajstić information content (AvgIpc) is 2.37. The molecule has 1 amide bonds. The number of aliphatic carboxylic acids is 1. The third-order valence-electron chi connectivity index (χ3n) is 3.01. The van der Waals surface area contributed by atoms with Crippen molar-refractivity contribution in [2.45, 2.75) is 58.0 Å². The number of carboxylic acids is 1. The highest BCUT2D eigenvalue weighted by Gasteiger charge is 2.31. The summed E-state index contributed by atoms with van der Waals surface area (Å²) in [5, 5.41) is 9.25. The van der Waals surface area contributed by atoms with E-state index in [1.807, 2.05) is 0 Å². The number of carbonyl (C=O) groups excluding carboxylic acids is 1. The zero-order valence-electron chi connectivity index (χ0n) is 13.1. The first-order valence-electron chi connectivity index (χ1n) is 7.12. The lowest BCUT2D eigenvalue weighted by atomic mass is 10.2. The number of ether oxygens (including phenoxy) is 3. The molecule has 0 bridgehead atoms. The summed E-state index contributed by atoms with van der Waals surface area (Å²) in [6, 6.07) is -1.11. The Labute approximate surface area is 125 Å². The van der Waals surface area contributed by atoms with Gasteiger partial charge in [0.25, 0.3) is 0 Å². The molecule has 1 N–H and O–H groups in total. The number of amides is 1. The zero-order chi connectivity index (χ0) is 16.0. The smallest absolute Gasteiger partial charge is 0.410 e. The second-order valence-corrected chi connectivity index (χ2v) is 6.07. The predicted octanol–water partition coefficient (Wildman–Crippen LogP) is 1.85. The molecule has 1 saturated heterocycles. The van der Waals surface area contributed by atoms with Crippen molar-refractivity contribution in [2.75, 3.05) is 20.3 Å². The largest absolute Gasteiger partial charge is 0.480 e. The highest BCUT2D eigenvalue weighted by atomic mass is 16.7. The van der Waals surface area contributed by atoms with E-state index in [-0.39, 0.29) is 6.61 Å². The van der Waals surface area contributed by atoms with Crippen molar-refractivity contribution < 1.29 is 28.9 Å². The van der Waals surface area contributed by atoms with Gasteiger partial charge in [-0.05, 0) is 40.0 Å². The summed E-state index contributed by atoms with van der Waals surface area (Å²) >= 11 is 0. The molecule has 0 spiro atoms. The minimum absolute atomic E-state index is 0.129. The van der Waals surface area contributed by atoms with E-state index in [1.165, 1.54) is 7.05 Å². The second kappa shape index (κ2) is 7.61. The van der Waals surface area contributed by atoms with Gasteiger partial charge in [-0.3, -0.25) is 4.90 Å². The van der Waals surface area contributed by atoms with Crippen molar-refractivity contribution in [3.8, 4) is 0 Å². The summed E-state index contributed by atoms with van der Waals surface area (Å²) in [7, 11) is 1.39. The molecule has 0 aromatic rings. The van der Waals surface area contributed by atoms with Crippen LogP contribution in [0, 0.1) is 0 Å². The van der Waals surface area contributed by atoms with E-state index in [0.717, 1.165) is 24.2 Å². The van der Waals surface area contributed by atoms with Crippen LogP contribution in [0.4, 0.5) is 4.79 Å². The lowest BCUT2D eigenvalue weighted by molar-refractivity contribution is -0.176. The van der Waals surface area contributed by atoms with Crippen LogP contribution in [0.15, 0.2) is 0 Å². The number of likely N-dealkylation sites (N-methyl/N-ethyl adjacent to an activating group) is 1. The van der Waals surface area contributed by atoms with Crippen LogP contribution < -0.4 is 0 Å². The minimum Gasteiger partial charge on any atom is -0.480 e. The van der Waals surface area contributed by atoms with Gasteiger partial charge in [-0.2, -0.15) is 0 Å². The van der Waals surface area contributed by atoms with Crippen LogP contribution in [-0.2, 0) is 19.0 Å². The molecule has 2 atom stereocenters. The van der Waals surface area contributed by atoms with Crippen LogP contribution in [0.25, 0.3) is 0 Å². The Morgan fingerprint density at radius 1 is 1.38 bits per heavy atom. The summed E-state index contributed by atoms with van der Waals surface area (Å²) < 4.78 is 16.0. The Hall–Kier alpha value is -1.34. The first-order chi connectivity index (χ1) is 9.70. The van der Waals surface area contributed by atoms with E-state index in [2.05, 4.69) is 0 Å². The molecule has 122 valence electrons. The molecule has 0 aliphatic carbocycles. The third-order valence-corrected chi connectivity index (χ3v) is 3.01. The van der Waals surface area contributed by atoms with Crippen LogP contribution in [0.5, 0.6) is 0 Å². The molecule has 7 heteroatoms. The Balaban J connectivity index is 2.54. The quantitative estimate of drug-likeness (QED) is 0.834. The molecule has 1 rings (SSSR count). The minimum atomic E-state index is -1.14. The topological polar surface area (TPSA) is 85.3 Å². The van der Waals surface area contributed by atoms with Crippen LogP contribution in [0.1, 0.15) is 40.0 Å². The summed E-state index contributed by atoms with van der Waals surface area (Å²) in [4.78, 5) is 24.3. The highest BCUT2D eigenvalue weighted by molar-refractivity contribution is 5.80. The van der Waals surface area contributed by atoms with Crippen LogP contribution in [0.2, 0.25) is 0 Å². The predicted molar refractivity (Wildman–Crippen MR) is 75.0 cm³/mol. The maximum Gasteiger partial charge on any atom is 0.410 e. The van der Waals surface area contributed by atoms with E-state index in [1.54, 1.807) is 20.8 Å². The van der Waals surface area contributed by atoms with E-state index in [9.17, 15) is 14.7 Å². The molecular weight excluding hydrogens is 278 g/mol. The van der Waals surface area contributed by atoms with Gasteiger partial charge in [-0.25, -0.2) is 9.59 Å². The number of nitrogens with zero attached hydrogens (tertiary/aromatic N) is 1. The van der Waals surface area contributed by atoms with Crippen molar-refractivity contribution in [1.29, 1.82) is 0 Å². The number of carboxylic acid groups (broad SMARTS) is 1. The summed E-state index contributed by atoms with van der Waals surface area (Å²) in [6.07, 6.45) is 1.63. The summed E-state index contributed by atoms with van der Waals surface area (Å²) in [5.74, 6) is -1.14. The molecular formula is C14H25NO6. The van der Waals surface area contributed by atoms with E-state index in [4.69, 9.17) is 14.2 Å². The Kier molecular flexibility index (Phi) is 6.42. The summed E-state index contributed by atoms with van der Waals surface area (Å²) in [5.41, 5.74) is -0.679. The van der Waals surface area contributed by atoms with Gasteiger partial charge in [0.2, 0.25) is 0 Å². The molecule has 1 aliphatic rings. The first-order valence-corrected chi connectivity index (χ1v) is 7.12. The fraction of sp³-hybridized carbons (Fsp3) is 0.857. The van der Waals surface area contributed by atoms with Gasteiger partial charge in [0.05, 0.1) is 6.61 Å². The second-order valence-electron chi connectivity index (χ2n) is 6.07. The van der Waals surface area contributed by atoms with Crippen molar-refractivity contribution in [2.24, 2.45) is 0 Å². The molecule has 1 aliphatic heterocycles. The molecule has 7 nitrogen and oxygen atoms in total. The van der Waals surface area contributed by atoms with Crippen molar-refractivity contribution in [1.82, 2.24) is 4.90 Å². The molecule has 2 unspecified atom stereocenters. The number of hydrogen-bond acceptors (Lipinski definition) is 5. The molecule has 1 heterocycles. The number of hydrogen-bond donors (Lipinski definition) is 1. The summed E-state index contributed by atoms with van der Waals surface area (Å²) in [6.45, 7) is 5.66. The normalized spacial score (nSPS) is 20.7. The lowest BCUT2D eigenvalue weighted by Crippen LogP contribution is -2.48. The molecule has 0 radical (unpaired) electrons. The monoisotopic (exact) mass is 303 g/mol. The maximum absolute atomic E-state index is 11.9. The third kappa shape index (κ3) is 6.31. The number of rotatable bonds is 5. The Morgan fingerprint density at radius 3 is 2.52 bits per heavy atom. The molecule has 21 heavy (non-hydrogen) atoms. The van der Waals surface area contributed by atoms with Gasteiger partial charge in [-0.1, -0.05) is 0 Å². The highest BCUT2D eigenvalue weighted by Crippen LogP contribution is 2.16. The molecule has 0 aromatic heterocycles. The fourth-order valence-electron chi connectivity index (χ4n) is 1.85. The average molecular weight is 303 g/mol. The zero-order valence-corrected chi connectivity index (χ0v) is 13.1. The van der Waals surface area contributed by atoms with Crippen molar-refractivity contribution in [3.63, 3.8) is 0 Å². The fourth-order valence-corrected chi connectivity index (χ4v) is 1.85. The first kappa shape index (κ1) is 17.7. The molecule has 0 aromatic carbocycles. The number of carbonyl (C=O) groups is 2. The van der Waals surface area contributed by atoms with Crippen molar-refractivity contribution in [3.05, 3.63) is 0 Å². The van der Waals surface area contributed by atoms with Crippen LogP contribution in [0.3, 0.4) is 0 Å². The van der Waals surface area contributed by atoms with Gasteiger partial charge in [0.15, 0.2) is 12.3 Å². The van der Waals surface area contributed by atoms with Gasteiger partial charge in [0, 0.05) is 13.7 Å². The van der Waals surface area contributed by atoms with E-state index < -0.39 is 30.0 Å². The van der Waals surface area contributed by atoms with Gasteiger partial charge < -0.3 is 19.3 Å². The standard InChI is InChI=1S/C14H25NO6/c1-14(2,3)21-13(18)15(4)10(12(16)17)9-20-11-7-5-6-8-19-11/h10-11H,5-9H2,1-4H3,(H,16,17). The lowest BCUT2D eigenvalue weighted by Gasteiger charge is -2.30. The molecule has 0 saturated carbocycles.